The molecule has 38 heavy (non-hydrogen) atoms. The summed E-state index contributed by atoms with van der Waals surface area (Å²) in [6.45, 7) is 0.342. The third-order valence-corrected chi connectivity index (χ3v) is 7.99. The minimum atomic E-state index is -3.54. The van der Waals surface area contributed by atoms with Crippen LogP contribution >= 0.6 is 0 Å². The molecule has 5 rings (SSSR count). The summed E-state index contributed by atoms with van der Waals surface area (Å²) in [6.07, 6.45) is -1.09. The first kappa shape index (κ1) is 25.7. The molecule has 1 N–H and O–H groups in total. The number of para-hydroxylation sites is 1. The molecular formula is C27H23F2N3O5S. The number of aromatic nitrogens is 2. The van der Waals surface area contributed by atoms with Crippen molar-refractivity contribution in [2.75, 3.05) is 19.5 Å². The molecule has 0 bridgehead atoms. The number of carbonyl (C=O) groups is 1. The number of amides is 1. The summed E-state index contributed by atoms with van der Waals surface area (Å²) < 4.78 is 62.5. The lowest BCUT2D eigenvalue weighted by molar-refractivity contribution is 0.0950. The molecule has 1 aliphatic heterocycles. The molecule has 0 radical (unpaired) electrons. The van der Waals surface area contributed by atoms with Crippen molar-refractivity contribution >= 4 is 26.6 Å². The van der Waals surface area contributed by atoms with Gasteiger partial charge in [-0.15, -0.1) is 0 Å². The van der Waals surface area contributed by atoms with Gasteiger partial charge in [-0.05, 0) is 48.0 Å². The fourth-order valence-electron chi connectivity index (χ4n) is 4.30. The standard InChI is InChI=1S/C27H23F2N3O5S/c1-36-25-20(3-2-4-21(25)26(28)29)22-8-7-17-13-30-19(12-23(17)32-22)14-31-27(33)16-5-6-18-15-37-9-10-38(34,35)24(18)11-16/h2-8,11-13,26H,9-10,14-15H2,1H3,(H,31,33). The number of hydrogen-bond donors (Lipinski definition) is 1. The molecule has 0 spiro atoms. The number of nitrogens with one attached hydrogen (secondary N) is 1. The van der Waals surface area contributed by atoms with E-state index < -0.39 is 22.2 Å². The van der Waals surface area contributed by atoms with Crippen molar-refractivity contribution in [3.63, 3.8) is 0 Å². The molecule has 1 aliphatic rings. The van der Waals surface area contributed by atoms with Crippen LogP contribution in [0.3, 0.4) is 0 Å². The molecule has 0 unspecified atom stereocenters. The third-order valence-electron chi connectivity index (χ3n) is 6.24. The third kappa shape index (κ3) is 5.07. The van der Waals surface area contributed by atoms with Crippen molar-refractivity contribution < 1.29 is 31.5 Å². The Morgan fingerprint density at radius 2 is 2.00 bits per heavy atom. The van der Waals surface area contributed by atoms with Gasteiger partial charge in [0.05, 0.1) is 60.0 Å². The number of sulfone groups is 1. The van der Waals surface area contributed by atoms with Crippen LogP contribution in [0.4, 0.5) is 8.78 Å². The highest BCUT2D eigenvalue weighted by Gasteiger charge is 2.24. The topological polar surface area (TPSA) is 107 Å². The van der Waals surface area contributed by atoms with Gasteiger partial charge in [-0.3, -0.25) is 9.78 Å². The maximum atomic E-state index is 13.4. The number of halogens is 2. The van der Waals surface area contributed by atoms with Gasteiger partial charge in [0.2, 0.25) is 0 Å². The van der Waals surface area contributed by atoms with Crippen LogP contribution < -0.4 is 10.1 Å². The zero-order valence-electron chi connectivity index (χ0n) is 20.3. The number of methoxy groups -OCH3 is 1. The molecule has 8 nitrogen and oxygen atoms in total. The van der Waals surface area contributed by atoms with E-state index in [9.17, 15) is 22.0 Å². The Morgan fingerprint density at radius 1 is 1.16 bits per heavy atom. The summed E-state index contributed by atoms with van der Waals surface area (Å²) in [5.41, 5.74) is 2.47. The molecule has 0 saturated heterocycles. The van der Waals surface area contributed by atoms with Gasteiger partial charge in [-0.25, -0.2) is 22.2 Å². The lowest BCUT2D eigenvalue weighted by Gasteiger charge is -2.13. The molecule has 196 valence electrons. The highest BCUT2D eigenvalue weighted by Crippen LogP contribution is 2.37. The Morgan fingerprint density at radius 3 is 2.79 bits per heavy atom. The summed E-state index contributed by atoms with van der Waals surface area (Å²) in [7, 11) is -2.20. The highest BCUT2D eigenvalue weighted by atomic mass is 32.2. The van der Waals surface area contributed by atoms with E-state index in [1.807, 2.05) is 0 Å². The fraction of sp³-hybridized carbons (Fsp3) is 0.222. The van der Waals surface area contributed by atoms with Crippen molar-refractivity contribution in [2.24, 2.45) is 0 Å². The monoisotopic (exact) mass is 539 g/mol. The zero-order chi connectivity index (χ0) is 26.9. The van der Waals surface area contributed by atoms with E-state index in [4.69, 9.17) is 9.47 Å². The Balaban J connectivity index is 1.38. The number of fused-ring (bicyclic) bond motifs is 2. The Kier molecular flexibility index (Phi) is 7.04. The molecule has 2 aromatic carbocycles. The number of nitrogens with zero attached hydrogens (tertiary/aromatic N) is 2. The largest absolute Gasteiger partial charge is 0.496 e. The normalized spacial score (nSPS) is 14.6. The highest BCUT2D eigenvalue weighted by molar-refractivity contribution is 7.91. The van der Waals surface area contributed by atoms with Crippen molar-refractivity contribution in [2.45, 2.75) is 24.5 Å². The van der Waals surface area contributed by atoms with E-state index >= 15 is 0 Å². The van der Waals surface area contributed by atoms with Crippen LogP contribution in [-0.4, -0.2) is 43.8 Å². The minimum absolute atomic E-state index is 0.0604. The van der Waals surface area contributed by atoms with Crippen LogP contribution in [0.2, 0.25) is 0 Å². The van der Waals surface area contributed by atoms with Crippen LogP contribution in [0.5, 0.6) is 5.75 Å². The molecule has 1 amide bonds. The number of benzene rings is 2. The summed E-state index contributed by atoms with van der Waals surface area (Å²) in [4.78, 5) is 21.9. The molecule has 0 fully saturated rings. The van der Waals surface area contributed by atoms with Crippen LogP contribution in [0.15, 0.2) is 65.7 Å². The van der Waals surface area contributed by atoms with Gasteiger partial charge in [0.1, 0.15) is 5.75 Å². The van der Waals surface area contributed by atoms with E-state index in [0.29, 0.717) is 28.0 Å². The molecule has 0 saturated carbocycles. The number of hydrogen-bond acceptors (Lipinski definition) is 7. The summed E-state index contributed by atoms with van der Waals surface area (Å²) in [6, 6.07) is 14.2. The molecule has 0 aliphatic carbocycles. The van der Waals surface area contributed by atoms with Crippen LogP contribution in [0, 0.1) is 0 Å². The van der Waals surface area contributed by atoms with Crippen molar-refractivity contribution in [3.8, 4) is 17.0 Å². The number of carbonyl (C=O) groups excluding carboxylic acids is 1. The molecular weight excluding hydrogens is 516 g/mol. The van der Waals surface area contributed by atoms with E-state index in [1.54, 1.807) is 42.6 Å². The maximum Gasteiger partial charge on any atom is 0.267 e. The van der Waals surface area contributed by atoms with E-state index in [0.717, 1.165) is 5.39 Å². The zero-order valence-corrected chi connectivity index (χ0v) is 21.1. The molecule has 3 heterocycles. The van der Waals surface area contributed by atoms with Gasteiger partial charge in [0, 0.05) is 22.7 Å². The summed E-state index contributed by atoms with van der Waals surface area (Å²) >= 11 is 0. The van der Waals surface area contributed by atoms with E-state index in [-0.39, 0.29) is 47.3 Å². The minimum Gasteiger partial charge on any atom is -0.496 e. The predicted molar refractivity (Wildman–Crippen MR) is 136 cm³/mol. The van der Waals surface area contributed by atoms with E-state index in [1.165, 1.54) is 25.3 Å². The Labute approximate surface area is 217 Å². The lowest BCUT2D eigenvalue weighted by Crippen LogP contribution is -2.23. The average molecular weight is 540 g/mol. The van der Waals surface area contributed by atoms with Gasteiger partial charge in [0.15, 0.2) is 9.84 Å². The second-order valence-electron chi connectivity index (χ2n) is 8.67. The number of ether oxygens (including phenoxy) is 2. The first-order chi connectivity index (χ1) is 18.3. The molecule has 2 aromatic heterocycles. The summed E-state index contributed by atoms with van der Waals surface area (Å²) in [5, 5.41) is 3.48. The van der Waals surface area contributed by atoms with Crippen molar-refractivity contribution in [1.29, 1.82) is 0 Å². The lowest BCUT2D eigenvalue weighted by atomic mass is 10.0. The van der Waals surface area contributed by atoms with Crippen molar-refractivity contribution in [1.82, 2.24) is 15.3 Å². The smallest absolute Gasteiger partial charge is 0.267 e. The fourth-order valence-corrected chi connectivity index (χ4v) is 5.69. The van der Waals surface area contributed by atoms with E-state index in [2.05, 4.69) is 15.3 Å². The second kappa shape index (κ2) is 10.4. The molecule has 4 aromatic rings. The number of pyridine rings is 2. The van der Waals surface area contributed by atoms with Gasteiger partial charge < -0.3 is 14.8 Å². The first-order valence-electron chi connectivity index (χ1n) is 11.7. The van der Waals surface area contributed by atoms with Gasteiger partial charge in [0.25, 0.3) is 12.3 Å². The molecule has 0 atom stereocenters. The molecule has 11 heteroatoms. The van der Waals surface area contributed by atoms with Gasteiger partial charge in [-0.1, -0.05) is 12.1 Å². The van der Waals surface area contributed by atoms with Crippen LogP contribution in [-0.2, 0) is 27.7 Å². The summed E-state index contributed by atoms with van der Waals surface area (Å²) in [5.74, 6) is -0.533. The van der Waals surface area contributed by atoms with Crippen molar-refractivity contribution in [3.05, 3.63) is 83.2 Å². The SMILES string of the molecule is COc1c(-c2ccc3cnc(CNC(=O)c4ccc5c(c4)S(=O)(=O)CCOC5)cc3n2)cccc1C(F)F. The number of rotatable bonds is 6. The van der Waals surface area contributed by atoms with Crippen LogP contribution in [0.25, 0.3) is 22.2 Å². The Hall–Kier alpha value is -3.96. The maximum absolute atomic E-state index is 13.4. The number of alkyl halides is 2. The van der Waals surface area contributed by atoms with Gasteiger partial charge >= 0.3 is 0 Å². The second-order valence-corrected chi connectivity index (χ2v) is 10.7. The quantitative estimate of drug-likeness (QED) is 0.385. The Bertz CT molecular complexity index is 1640. The first-order valence-corrected chi connectivity index (χ1v) is 13.3. The van der Waals surface area contributed by atoms with Crippen LogP contribution in [0.1, 0.15) is 33.6 Å². The van der Waals surface area contributed by atoms with Gasteiger partial charge in [-0.2, -0.15) is 0 Å². The predicted octanol–water partition coefficient (Wildman–Crippen LogP) is 4.48. The average Bonchev–Trinajstić information content (AvgIpc) is 3.07.